The van der Waals surface area contributed by atoms with Crippen molar-refractivity contribution < 1.29 is 19.4 Å². The van der Waals surface area contributed by atoms with Gasteiger partial charge in [0.1, 0.15) is 0 Å². The van der Waals surface area contributed by atoms with Gasteiger partial charge in [0, 0.05) is 19.3 Å². The van der Waals surface area contributed by atoms with Crippen molar-refractivity contribution in [1.82, 2.24) is 10.6 Å². The fraction of sp³-hybridized carbons (Fsp3) is 0.429. The number of anilines is 1. The Kier molecular flexibility index (Phi) is 7.20. The predicted molar refractivity (Wildman–Crippen MR) is 79.0 cm³/mol. The summed E-state index contributed by atoms with van der Waals surface area (Å²) in [6.45, 7) is 2.38. The Labute approximate surface area is 123 Å². The second-order valence-electron chi connectivity index (χ2n) is 4.45. The van der Waals surface area contributed by atoms with Crippen LogP contribution in [0.1, 0.15) is 18.6 Å². The molecule has 1 rings (SSSR count). The average Bonchev–Trinajstić information content (AvgIpc) is 2.46. The van der Waals surface area contributed by atoms with E-state index in [9.17, 15) is 14.7 Å². The fourth-order valence-electron chi connectivity index (χ4n) is 1.54. The molecule has 0 aliphatic rings. The van der Waals surface area contributed by atoms with Crippen LogP contribution < -0.4 is 16.0 Å². The maximum absolute atomic E-state index is 11.6. The van der Waals surface area contributed by atoms with Crippen molar-refractivity contribution in [2.24, 2.45) is 0 Å². The van der Waals surface area contributed by atoms with Crippen LogP contribution in [0.3, 0.4) is 0 Å². The quantitative estimate of drug-likeness (QED) is 0.554. The Morgan fingerprint density at radius 2 is 1.90 bits per heavy atom. The van der Waals surface area contributed by atoms with Crippen LogP contribution in [0.5, 0.6) is 0 Å². The van der Waals surface area contributed by atoms with Gasteiger partial charge in [-0.2, -0.15) is 0 Å². The Balaban J connectivity index is 2.31. The van der Waals surface area contributed by atoms with Gasteiger partial charge in [-0.3, -0.25) is 4.79 Å². The number of hydrogen-bond donors (Lipinski definition) is 4. The Hall–Kier alpha value is -2.12. The van der Waals surface area contributed by atoms with Gasteiger partial charge in [-0.05, 0) is 24.6 Å². The maximum Gasteiger partial charge on any atom is 0.319 e. The van der Waals surface area contributed by atoms with Gasteiger partial charge in [0.05, 0.1) is 19.3 Å². The largest absolute Gasteiger partial charge is 0.389 e. The zero-order valence-electron chi connectivity index (χ0n) is 12.2. The molecule has 0 aliphatic heterocycles. The van der Waals surface area contributed by atoms with E-state index < -0.39 is 12.1 Å². The summed E-state index contributed by atoms with van der Waals surface area (Å²) >= 11 is 0. The van der Waals surface area contributed by atoms with Crippen LogP contribution in [0.15, 0.2) is 24.3 Å². The topological polar surface area (TPSA) is 99.7 Å². The molecule has 1 aromatic carbocycles. The van der Waals surface area contributed by atoms with E-state index in [1.54, 1.807) is 38.3 Å². The van der Waals surface area contributed by atoms with Gasteiger partial charge < -0.3 is 25.8 Å². The number of carbonyl (C=O) groups is 2. The molecule has 0 saturated carbocycles. The van der Waals surface area contributed by atoms with E-state index in [0.717, 1.165) is 5.56 Å². The molecule has 1 aromatic rings. The smallest absolute Gasteiger partial charge is 0.319 e. The standard InChI is InChI=1S/C14H21N3O4/c1-10(18)11-3-5-12(6-4-11)17-14(20)16-9-13(19)15-7-8-21-2/h3-6,10,18H,7-9H2,1-2H3,(H,15,19)(H2,16,17,20). The monoisotopic (exact) mass is 295 g/mol. The predicted octanol–water partition coefficient (Wildman–Crippen LogP) is 0.624. The molecule has 0 aromatic heterocycles. The van der Waals surface area contributed by atoms with E-state index >= 15 is 0 Å². The van der Waals surface area contributed by atoms with Crippen molar-refractivity contribution in [3.05, 3.63) is 29.8 Å². The molecule has 7 nitrogen and oxygen atoms in total. The van der Waals surface area contributed by atoms with E-state index in [1.807, 2.05) is 0 Å². The van der Waals surface area contributed by atoms with E-state index in [1.165, 1.54) is 0 Å². The fourth-order valence-corrected chi connectivity index (χ4v) is 1.54. The number of amides is 3. The van der Waals surface area contributed by atoms with E-state index in [-0.39, 0.29) is 12.5 Å². The van der Waals surface area contributed by atoms with Gasteiger partial charge in [0.15, 0.2) is 0 Å². The van der Waals surface area contributed by atoms with Gasteiger partial charge in [-0.1, -0.05) is 12.1 Å². The molecule has 0 heterocycles. The van der Waals surface area contributed by atoms with Crippen LogP contribution in [0.25, 0.3) is 0 Å². The lowest BCUT2D eigenvalue weighted by molar-refractivity contribution is -0.120. The van der Waals surface area contributed by atoms with Crippen LogP contribution >= 0.6 is 0 Å². The first-order chi connectivity index (χ1) is 10.0. The highest BCUT2D eigenvalue weighted by atomic mass is 16.5. The van der Waals surface area contributed by atoms with Gasteiger partial charge in [0.25, 0.3) is 0 Å². The van der Waals surface area contributed by atoms with Crippen LogP contribution in [0.4, 0.5) is 10.5 Å². The number of rotatable bonds is 7. The highest BCUT2D eigenvalue weighted by Gasteiger charge is 2.06. The van der Waals surface area contributed by atoms with Gasteiger partial charge in [0.2, 0.25) is 5.91 Å². The van der Waals surface area contributed by atoms with Crippen LogP contribution in [0.2, 0.25) is 0 Å². The number of ether oxygens (including phenoxy) is 1. The molecular weight excluding hydrogens is 274 g/mol. The third kappa shape index (κ3) is 6.73. The van der Waals surface area contributed by atoms with Gasteiger partial charge in [-0.15, -0.1) is 0 Å². The summed E-state index contributed by atoms with van der Waals surface area (Å²) in [6, 6.07) is 6.33. The van der Waals surface area contributed by atoms with Crippen molar-refractivity contribution in [1.29, 1.82) is 0 Å². The number of carbonyl (C=O) groups excluding carboxylic acids is 2. The molecule has 0 fully saturated rings. The molecule has 0 radical (unpaired) electrons. The zero-order chi connectivity index (χ0) is 15.7. The zero-order valence-corrected chi connectivity index (χ0v) is 12.2. The second-order valence-corrected chi connectivity index (χ2v) is 4.45. The lowest BCUT2D eigenvalue weighted by Gasteiger charge is -2.09. The minimum absolute atomic E-state index is 0.110. The SMILES string of the molecule is COCCNC(=O)CNC(=O)Nc1ccc(C(C)O)cc1. The van der Waals surface area contributed by atoms with E-state index in [4.69, 9.17) is 4.74 Å². The number of aliphatic hydroxyl groups is 1. The van der Waals surface area contributed by atoms with Gasteiger partial charge in [-0.25, -0.2) is 4.79 Å². The number of urea groups is 1. The van der Waals surface area contributed by atoms with E-state index in [0.29, 0.717) is 18.8 Å². The summed E-state index contributed by atoms with van der Waals surface area (Å²) in [5.41, 5.74) is 1.34. The average molecular weight is 295 g/mol. The summed E-state index contributed by atoms with van der Waals surface area (Å²) in [4.78, 5) is 22.9. The molecule has 116 valence electrons. The second kappa shape index (κ2) is 8.93. The molecule has 1 unspecified atom stereocenters. The van der Waals surface area contributed by atoms with Crippen molar-refractivity contribution in [2.45, 2.75) is 13.0 Å². The molecule has 21 heavy (non-hydrogen) atoms. The molecule has 7 heteroatoms. The minimum Gasteiger partial charge on any atom is -0.389 e. The molecule has 1 atom stereocenters. The lowest BCUT2D eigenvalue weighted by atomic mass is 10.1. The Morgan fingerprint density at radius 1 is 1.24 bits per heavy atom. The summed E-state index contributed by atoms with van der Waals surface area (Å²) in [6.07, 6.45) is -0.552. The van der Waals surface area contributed by atoms with E-state index in [2.05, 4.69) is 16.0 Å². The molecule has 3 amide bonds. The molecule has 0 bridgehead atoms. The molecule has 0 saturated heterocycles. The Bertz CT molecular complexity index is 460. The number of benzene rings is 1. The number of nitrogens with one attached hydrogen (secondary N) is 3. The third-order valence-electron chi connectivity index (χ3n) is 2.69. The third-order valence-corrected chi connectivity index (χ3v) is 2.69. The van der Waals surface area contributed by atoms with Crippen molar-refractivity contribution in [3.8, 4) is 0 Å². The number of methoxy groups -OCH3 is 1. The number of aliphatic hydroxyl groups excluding tert-OH is 1. The lowest BCUT2D eigenvalue weighted by Crippen LogP contribution is -2.39. The van der Waals surface area contributed by atoms with Crippen molar-refractivity contribution in [3.63, 3.8) is 0 Å². The molecular formula is C14H21N3O4. The molecule has 0 spiro atoms. The number of hydrogen-bond acceptors (Lipinski definition) is 4. The maximum atomic E-state index is 11.6. The summed E-state index contributed by atoms with van der Waals surface area (Å²) < 4.78 is 4.79. The van der Waals surface area contributed by atoms with Crippen molar-refractivity contribution in [2.75, 3.05) is 32.1 Å². The summed E-state index contributed by atoms with van der Waals surface area (Å²) in [7, 11) is 1.54. The van der Waals surface area contributed by atoms with Crippen LogP contribution in [0, 0.1) is 0 Å². The van der Waals surface area contributed by atoms with Gasteiger partial charge >= 0.3 is 6.03 Å². The minimum atomic E-state index is -0.552. The molecule has 4 N–H and O–H groups in total. The first-order valence-electron chi connectivity index (χ1n) is 6.61. The normalized spacial score (nSPS) is 11.6. The van der Waals surface area contributed by atoms with Crippen LogP contribution in [-0.4, -0.2) is 43.9 Å². The Morgan fingerprint density at radius 3 is 2.48 bits per heavy atom. The summed E-state index contributed by atoms with van der Waals surface area (Å²) in [5, 5.41) is 17.0. The summed E-state index contributed by atoms with van der Waals surface area (Å²) in [5.74, 6) is -0.286. The van der Waals surface area contributed by atoms with Crippen molar-refractivity contribution >= 4 is 17.6 Å². The first-order valence-corrected chi connectivity index (χ1v) is 6.61. The highest BCUT2D eigenvalue weighted by molar-refractivity contribution is 5.92. The van der Waals surface area contributed by atoms with Crippen LogP contribution in [-0.2, 0) is 9.53 Å². The molecule has 0 aliphatic carbocycles. The first kappa shape index (κ1) is 16.9. The highest BCUT2D eigenvalue weighted by Crippen LogP contribution is 2.15.